The summed E-state index contributed by atoms with van der Waals surface area (Å²) >= 11 is 0. The number of hydrogen-bond acceptors (Lipinski definition) is 6. The molecule has 0 saturated heterocycles. The first-order valence-electron chi connectivity index (χ1n) is 10.4. The van der Waals surface area contributed by atoms with Crippen molar-refractivity contribution in [3.05, 3.63) is 72.2 Å². The van der Waals surface area contributed by atoms with Crippen LogP contribution in [0.25, 0.3) is 21.8 Å². The monoisotopic (exact) mass is 428 g/mol. The molecule has 8 nitrogen and oxygen atoms in total. The Balaban J connectivity index is 1.40. The highest BCUT2D eigenvalue weighted by Gasteiger charge is 2.13. The molecule has 3 aromatic heterocycles. The number of hydrogen-bond donors (Lipinski definition) is 4. The molecule has 0 saturated carbocycles. The number of H-pyrrole nitrogens is 2. The molecule has 8 heteroatoms. The molecule has 0 aliphatic heterocycles. The number of benzene rings is 2. The number of anilines is 3. The molecular weight excluding hydrogens is 404 g/mol. The molecule has 0 unspecified atom stereocenters. The van der Waals surface area contributed by atoms with Crippen LogP contribution in [0.1, 0.15) is 11.1 Å². The minimum absolute atomic E-state index is 0.414. The third kappa shape index (κ3) is 3.95. The second-order valence-electron chi connectivity index (χ2n) is 7.52. The molecule has 0 fully saturated rings. The van der Waals surface area contributed by atoms with Crippen molar-refractivity contribution in [1.29, 1.82) is 0 Å². The summed E-state index contributed by atoms with van der Waals surface area (Å²) in [5.41, 5.74) is 11.2. The molecule has 0 aliphatic rings. The van der Waals surface area contributed by atoms with E-state index in [1.807, 2.05) is 30.6 Å². The summed E-state index contributed by atoms with van der Waals surface area (Å²) in [4.78, 5) is 15.4. The topological polar surface area (TPSA) is 114 Å². The van der Waals surface area contributed by atoms with Crippen molar-refractivity contribution in [3.8, 4) is 5.75 Å². The van der Waals surface area contributed by atoms with Gasteiger partial charge in [-0.3, -0.25) is 0 Å². The van der Waals surface area contributed by atoms with Gasteiger partial charge in [0.05, 0.1) is 12.3 Å². The van der Waals surface area contributed by atoms with Crippen LogP contribution in [0, 0.1) is 0 Å². The SMILES string of the molecule is COCCOc1ccc2[nH]ccc2c1Nc1ncc(Cc2ccc3[nH]ccc3c2)c(N)n1. The molecule has 0 amide bonds. The van der Waals surface area contributed by atoms with Crippen molar-refractivity contribution >= 4 is 39.3 Å². The summed E-state index contributed by atoms with van der Waals surface area (Å²) in [5.74, 6) is 1.55. The van der Waals surface area contributed by atoms with Gasteiger partial charge in [0.25, 0.3) is 0 Å². The van der Waals surface area contributed by atoms with E-state index < -0.39 is 0 Å². The van der Waals surface area contributed by atoms with Gasteiger partial charge in [0.2, 0.25) is 5.95 Å². The fourth-order valence-corrected chi connectivity index (χ4v) is 3.76. The van der Waals surface area contributed by atoms with E-state index in [9.17, 15) is 0 Å². The Morgan fingerprint density at radius 1 is 1.00 bits per heavy atom. The van der Waals surface area contributed by atoms with E-state index in [1.54, 1.807) is 13.3 Å². The van der Waals surface area contributed by atoms with Crippen LogP contribution < -0.4 is 15.8 Å². The fraction of sp³-hybridized carbons (Fsp3) is 0.167. The Bertz CT molecular complexity index is 1370. The lowest BCUT2D eigenvalue weighted by atomic mass is 10.1. The Kier molecular flexibility index (Phi) is 5.35. The zero-order valence-electron chi connectivity index (χ0n) is 17.7. The number of nitrogens with two attached hydrogens (primary N) is 1. The zero-order chi connectivity index (χ0) is 21.9. The Labute approximate surface area is 184 Å². The van der Waals surface area contributed by atoms with Crippen LogP contribution in [-0.2, 0) is 11.2 Å². The van der Waals surface area contributed by atoms with Crippen molar-refractivity contribution in [1.82, 2.24) is 19.9 Å². The van der Waals surface area contributed by atoms with Crippen LogP contribution in [0.4, 0.5) is 17.5 Å². The van der Waals surface area contributed by atoms with Gasteiger partial charge in [0.15, 0.2) is 0 Å². The number of aromatic nitrogens is 4. The Morgan fingerprint density at radius 3 is 2.72 bits per heavy atom. The quantitative estimate of drug-likeness (QED) is 0.273. The lowest BCUT2D eigenvalue weighted by Crippen LogP contribution is -2.08. The summed E-state index contributed by atoms with van der Waals surface area (Å²) in [7, 11) is 1.65. The van der Waals surface area contributed by atoms with Gasteiger partial charge in [0, 0.05) is 54.1 Å². The third-order valence-electron chi connectivity index (χ3n) is 5.39. The predicted molar refractivity (Wildman–Crippen MR) is 127 cm³/mol. The van der Waals surface area contributed by atoms with Crippen molar-refractivity contribution in [3.63, 3.8) is 0 Å². The molecule has 0 bridgehead atoms. The first-order valence-corrected chi connectivity index (χ1v) is 10.4. The molecule has 0 spiro atoms. The fourth-order valence-electron chi connectivity index (χ4n) is 3.76. The van der Waals surface area contributed by atoms with E-state index >= 15 is 0 Å². The third-order valence-corrected chi connectivity index (χ3v) is 5.39. The number of nitrogen functional groups attached to an aromatic ring is 1. The van der Waals surface area contributed by atoms with E-state index in [-0.39, 0.29) is 0 Å². The van der Waals surface area contributed by atoms with Crippen LogP contribution in [0.2, 0.25) is 0 Å². The van der Waals surface area contributed by atoms with E-state index in [1.165, 1.54) is 5.39 Å². The standard InChI is InChI=1S/C24H24N6O2/c1-31-10-11-32-21-5-4-20-18(7-9-27-20)22(21)29-24-28-14-17(23(25)30-24)13-15-2-3-19-16(12-15)6-8-26-19/h2-9,12,14,26-27H,10-11,13H2,1H3,(H3,25,28,29,30). The number of fused-ring (bicyclic) bond motifs is 2. The molecule has 5 N–H and O–H groups in total. The lowest BCUT2D eigenvalue weighted by Gasteiger charge is -2.14. The van der Waals surface area contributed by atoms with Crippen molar-refractivity contribution < 1.29 is 9.47 Å². The van der Waals surface area contributed by atoms with E-state index in [2.05, 4.69) is 49.5 Å². The van der Waals surface area contributed by atoms with E-state index in [0.29, 0.717) is 37.2 Å². The van der Waals surface area contributed by atoms with Crippen LogP contribution in [0.3, 0.4) is 0 Å². The molecule has 5 aromatic rings. The highest BCUT2D eigenvalue weighted by Crippen LogP contribution is 2.35. The number of methoxy groups -OCH3 is 1. The summed E-state index contributed by atoms with van der Waals surface area (Å²) in [6.07, 6.45) is 6.25. The van der Waals surface area contributed by atoms with E-state index in [0.717, 1.165) is 33.2 Å². The zero-order valence-corrected chi connectivity index (χ0v) is 17.7. The normalized spacial score (nSPS) is 11.3. The molecule has 162 valence electrons. The van der Waals surface area contributed by atoms with Gasteiger partial charge < -0.3 is 30.5 Å². The Hall–Kier alpha value is -4.04. The first kappa shape index (κ1) is 19.9. The highest BCUT2D eigenvalue weighted by atomic mass is 16.5. The molecular formula is C24H24N6O2. The molecule has 0 aliphatic carbocycles. The van der Waals surface area contributed by atoms with Gasteiger partial charge in [0.1, 0.15) is 18.2 Å². The van der Waals surface area contributed by atoms with Crippen molar-refractivity contribution in [2.45, 2.75) is 6.42 Å². The Morgan fingerprint density at radius 2 is 1.84 bits per heavy atom. The van der Waals surface area contributed by atoms with Crippen molar-refractivity contribution in [2.75, 3.05) is 31.4 Å². The van der Waals surface area contributed by atoms with Crippen LogP contribution in [0.15, 0.2) is 61.1 Å². The lowest BCUT2D eigenvalue weighted by molar-refractivity contribution is 0.147. The van der Waals surface area contributed by atoms with Crippen molar-refractivity contribution in [2.24, 2.45) is 0 Å². The number of aromatic amines is 2. The average molecular weight is 428 g/mol. The van der Waals surface area contributed by atoms with Gasteiger partial charge in [-0.15, -0.1) is 0 Å². The van der Waals surface area contributed by atoms with E-state index in [4.69, 9.17) is 15.2 Å². The predicted octanol–water partition coefficient (Wildman–Crippen LogP) is 4.38. The van der Waals surface area contributed by atoms with Gasteiger partial charge in [-0.1, -0.05) is 6.07 Å². The summed E-state index contributed by atoms with van der Waals surface area (Å²) in [6.45, 7) is 0.936. The summed E-state index contributed by atoms with van der Waals surface area (Å²) in [6, 6.07) is 14.2. The van der Waals surface area contributed by atoms with Gasteiger partial charge in [-0.2, -0.15) is 4.98 Å². The maximum absolute atomic E-state index is 6.29. The van der Waals surface area contributed by atoms with Crippen LogP contribution >= 0.6 is 0 Å². The highest BCUT2D eigenvalue weighted by molar-refractivity contribution is 5.96. The summed E-state index contributed by atoms with van der Waals surface area (Å²) < 4.78 is 11.0. The average Bonchev–Trinajstić information content (AvgIpc) is 3.46. The summed E-state index contributed by atoms with van der Waals surface area (Å²) in [5, 5.41) is 5.43. The number of nitrogens with zero attached hydrogens (tertiary/aromatic N) is 2. The smallest absolute Gasteiger partial charge is 0.229 e. The maximum Gasteiger partial charge on any atom is 0.229 e. The van der Waals surface area contributed by atoms with Gasteiger partial charge >= 0.3 is 0 Å². The molecule has 0 radical (unpaired) electrons. The maximum atomic E-state index is 6.29. The largest absolute Gasteiger partial charge is 0.489 e. The molecule has 32 heavy (non-hydrogen) atoms. The molecule has 2 aromatic carbocycles. The van der Waals surface area contributed by atoms with Crippen LogP contribution in [-0.4, -0.2) is 40.3 Å². The minimum atomic E-state index is 0.414. The minimum Gasteiger partial charge on any atom is -0.489 e. The number of nitrogens with one attached hydrogen (secondary N) is 3. The van der Waals surface area contributed by atoms with Gasteiger partial charge in [-0.25, -0.2) is 4.98 Å². The molecule has 5 rings (SSSR count). The molecule has 0 atom stereocenters. The molecule has 3 heterocycles. The number of ether oxygens (including phenoxy) is 2. The second kappa shape index (κ2) is 8.60. The van der Waals surface area contributed by atoms with Crippen LogP contribution in [0.5, 0.6) is 5.75 Å². The van der Waals surface area contributed by atoms with Gasteiger partial charge in [-0.05, 0) is 47.3 Å². The number of rotatable bonds is 8. The second-order valence-corrected chi connectivity index (χ2v) is 7.52. The first-order chi connectivity index (χ1) is 15.7.